The monoisotopic (exact) mass is 490 g/mol. The number of nitrogens with zero attached hydrogens (tertiary/aromatic N) is 2. The highest BCUT2D eigenvalue weighted by Crippen LogP contribution is 2.38. The number of hydrogen-bond donors (Lipinski definition) is 2. The number of rotatable bonds is 9. The molecule has 0 bridgehead atoms. The second-order valence-electron chi connectivity index (χ2n) is 9.88. The van der Waals surface area contributed by atoms with Crippen molar-refractivity contribution in [2.45, 2.75) is 52.7 Å². The van der Waals surface area contributed by atoms with E-state index in [9.17, 15) is 14.4 Å². The second kappa shape index (κ2) is 10.4. The van der Waals surface area contributed by atoms with Gasteiger partial charge in [0.25, 0.3) is 5.91 Å². The summed E-state index contributed by atoms with van der Waals surface area (Å²) in [6.45, 7) is 12.5. The number of benzene rings is 1. The standard InChI is InChI=1S/C28H34N4O4/c1-6-11-31-23-16-32(22(13-17(2)3)26(33)29-15-20-8-7-12-36-20)27(34)24(23)25(30-28(31)35)21-10-9-18(4)14-19(21)5/h6-10,12,14,17,22,25H,1,11,13,15-16H2,2-5H3,(H,29,33)(H,30,35)/t22-,25-/m0/s1. The van der Waals surface area contributed by atoms with Crippen LogP contribution in [0.5, 0.6) is 0 Å². The molecule has 2 aromatic rings. The van der Waals surface area contributed by atoms with E-state index < -0.39 is 12.1 Å². The van der Waals surface area contributed by atoms with Gasteiger partial charge in [0, 0.05) is 6.54 Å². The Morgan fingerprint density at radius 2 is 2.06 bits per heavy atom. The van der Waals surface area contributed by atoms with Gasteiger partial charge in [-0.15, -0.1) is 6.58 Å². The molecule has 0 saturated carbocycles. The van der Waals surface area contributed by atoms with E-state index in [1.54, 1.807) is 34.3 Å². The zero-order valence-corrected chi connectivity index (χ0v) is 21.3. The topological polar surface area (TPSA) is 94.9 Å². The Labute approximate surface area is 212 Å². The molecule has 1 aromatic heterocycles. The molecule has 8 heteroatoms. The van der Waals surface area contributed by atoms with Crippen LogP contribution in [0.15, 0.2) is 64.9 Å². The summed E-state index contributed by atoms with van der Waals surface area (Å²) in [7, 11) is 0. The fourth-order valence-electron chi connectivity index (χ4n) is 5.00. The Kier molecular flexibility index (Phi) is 7.33. The van der Waals surface area contributed by atoms with Gasteiger partial charge >= 0.3 is 6.03 Å². The van der Waals surface area contributed by atoms with Crippen LogP contribution < -0.4 is 10.6 Å². The van der Waals surface area contributed by atoms with Crippen LogP contribution in [-0.2, 0) is 16.1 Å². The molecule has 2 aliphatic heterocycles. The van der Waals surface area contributed by atoms with Gasteiger partial charge in [-0.2, -0.15) is 0 Å². The number of amides is 4. The van der Waals surface area contributed by atoms with E-state index in [2.05, 4.69) is 17.2 Å². The predicted octanol–water partition coefficient (Wildman–Crippen LogP) is 3.98. The van der Waals surface area contributed by atoms with E-state index in [1.165, 1.54) is 0 Å². The molecule has 4 rings (SSSR count). The van der Waals surface area contributed by atoms with E-state index in [1.807, 2.05) is 45.9 Å². The summed E-state index contributed by atoms with van der Waals surface area (Å²) in [5, 5.41) is 5.94. The number of hydrogen-bond acceptors (Lipinski definition) is 4. The number of aryl methyl sites for hydroxylation is 2. The third-order valence-electron chi connectivity index (χ3n) is 6.69. The van der Waals surface area contributed by atoms with Crippen molar-refractivity contribution >= 4 is 17.8 Å². The van der Waals surface area contributed by atoms with Crippen molar-refractivity contribution < 1.29 is 18.8 Å². The van der Waals surface area contributed by atoms with Gasteiger partial charge in [0.05, 0.1) is 36.7 Å². The van der Waals surface area contributed by atoms with E-state index >= 15 is 0 Å². The molecule has 1 aromatic carbocycles. The molecule has 0 fully saturated rings. The van der Waals surface area contributed by atoms with Gasteiger partial charge in [0.15, 0.2) is 0 Å². The van der Waals surface area contributed by atoms with Crippen LogP contribution in [0, 0.1) is 19.8 Å². The number of urea groups is 1. The van der Waals surface area contributed by atoms with E-state index in [4.69, 9.17) is 4.42 Å². The van der Waals surface area contributed by atoms with Crippen LogP contribution >= 0.6 is 0 Å². The first kappa shape index (κ1) is 25.3. The maximum absolute atomic E-state index is 14.0. The molecule has 0 radical (unpaired) electrons. The third kappa shape index (κ3) is 4.94. The molecule has 0 aliphatic carbocycles. The zero-order valence-electron chi connectivity index (χ0n) is 21.3. The minimum absolute atomic E-state index is 0.175. The molecular formula is C28H34N4O4. The SMILES string of the molecule is C=CCN1C(=O)N[C@@H](c2ccc(C)cc2C)C2=C1CN([C@@H](CC(C)C)C(=O)NCc1ccco1)C2=O. The molecule has 190 valence electrons. The summed E-state index contributed by atoms with van der Waals surface area (Å²) in [5.41, 5.74) is 4.10. The minimum Gasteiger partial charge on any atom is -0.467 e. The van der Waals surface area contributed by atoms with Crippen LogP contribution in [0.2, 0.25) is 0 Å². The summed E-state index contributed by atoms with van der Waals surface area (Å²) in [6, 6.07) is 7.98. The summed E-state index contributed by atoms with van der Waals surface area (Å²) in [4.78, 5) is 43.6. The summed E-state index contributed by atoms with van der Waals surface area (Å²) < 4.78 is 5.34. The highest BCUT2D eigenvalue weighted by atomic mass is 16.3. The van der Waals surface area contributed by atoms with Crippen molar-refractivity contribution in [3.05, 3.63) is 83.0 Å². The highest BCUT2D eigenvalue weighted by molar-refractivity contribution is 6.03. The van der Waals surface area contributed by atoms with Crippen LogP contribution in [0.3, 0.4) is 0 Å². The molecular weight excluding hydrogens is 456 g/mol. The normalized spacial score (nSPS) is 18.4. The average Bonchev–Trinajstić information content (AvgIpc) is 3.46. The van der Waals surface area contributed by atoms with Crippen molar-refractivity contribution in [2.75, 3.05) is 13.1 Å². The highest BCUT2D eigenvalue weighted by Gasteiger charge is 2.47. The lowest BCUT2D eigenvalue weighted by Gasteiger charge is -2.33. The van der Waals surface area contributed by atoms with Crippen LogP contribution in [0.25, 0.3) is 0 Å². The fourth-order valence-corrected chi connectivity index (χ4v) is 5.00. The van der Waals surface area contributed by atoms with E-state index in [-0.39, 0.29) is 43.4 Å². The molecule has 4 amide bonds. The smallest absolute Gasteiger partial charge is 0.322 e. The van der Waals surface area contributed by atoms with Crippen molar-refractivity contribution in [1.29, 1.82) is 0 Å². The number of nitrogens with one attached hydrogen (secondary N) is 2. The third-order valence-corrected chi connectivity index (χ3v) is 6.69. The first-order valence-electron chi connectivity index (χ1n) is 12.3. The molecule has 2 N–H and O–H groups in total. The lowest BCUT2D eigenvalue weighted by Crippen LogP contribution is -2.49. The quantitative estimate of drug-likeness (QED) is 0.520. The Hall–Kier alpha value is -3.81. The van der Waals surface area contributed by atoms with Crippen molar-refractivity contribution in [2.24, 2.45) is 5.92 Å². The van der Waals surface area contributed by atoms with Gasteiger partial charge in [0.1, 0.15) is 11.8 Å². The van der Waals surface area contributed by atoms with Gasteiger partial charge in [-0.05, 0) is 49.4 Å². The van der Waals surface area contributed by atoms with Crippen molar-refractivity contribution in [3.63, 3.8) is 0 Å². The number of carbonyl (C=O) groups excluding carboxylic acids is 3. The molecule has 0 spiro atoms. The Morgan fingerprint density at radius 3 is 2.69 bits per heavy atom. The Balaban J connectivity index is 1.68. The maximum atomic E-state index is 14.0. The maximum Gasteiger partial charge on any atom is 0.322 e. The molecule has 2 atom stereocenters. The molecule has 8 nitrogen and oxygen atoms in total. The lowest BCUT2D eigenvalue weighted by molar-refractivity contribution is -0.137. The van der Waals surface area contributed by atoms with Gasteiger partial charge in [-0.25, -0.2) is 4.79 Å². The van der Waals surface area contributed by atoms with Crippen LogP contribution in [0.4, 0.5) is 4.79 Å². The zero-order chi connectivity index (χ0) is 26.0. The summed E-state index contributed by atoms with van der Waals surface area (Å²) >= 11 is 0. The molecule has 3 heterocycles. The first-order valence-corrected chi connectivity index (χ1v) is 12.3. The number of carbonyl (C=O) groups is 3. The van der Waals surface area contributed by atoms with Crippen molar-refractivity contribution in [1.82, 2.24) is 20.4 Å². The Morgan fingerprint density at radius 1 is 1.28 bits per heavy atom. The lowest BCUT2D eigenvalue weighted by atomic mass is 9.91. The summed E-state index contributed by atoms with van der Waals surface area (Å²) in [5.74, 6) is 0.335. The second-order valence-corrected chi connectivity index (χ2v) is 9.88. The van der Waals surface area contributed by atoms with Gasteiger partial charge in [0.2, 0.25) is 5.91 Å². The predicted molar refractivity (Wildman–Crippen MR) is 137 cm³/mol. The molecule has 2 aliphatic rings. The van der Waals surface area contributed by atoms with E-state index in [0.29, 0.717) is 23.5 Å². The largest absolute Gasteiger partial charge is 0.467 e. The number of furan rings is 1. The molecule has 0 saturated heterocycles. The molecule has 36 heavy (non-hydrogen) atoms. The van der Waals surface area contributed by atoms with E-state index in [0.717, 1.165) is 16.7 Å². The van der Waals surface area contributed by atoms with Gasteiger partial charge in [-0.3, -0.25) is 14.5 Å². The van der Waals surface area contributed by atoms with Crippen molar-refractivity contribution in [3.8, 4) is 0 Å². The minimum atomic E-state index is -0.682. The first-order chi connectivity index (χ1) is 17.2. The van der Waals surface area contributed by atoms with Crippen LogP contribution in [-0.4, -0.2) is 46.8 Å². The average molecular weight is 491 g/mol. The Bertz CT molecular complexity index is 1200. The summed E-state index contributed by atoms with van der Waals surface area (Å²) in [6.07, 6.45) is 3.68. The van der Waals surface area contributed by atoms with Gasteiger partial charge < -0.3 is 20.0 Å². The molecule has 0 unspecified atom stereocenters. The van der Waals surface area contributed by atoms with Gasteiger partial charge in [-0.1, -0.05) is 43.7 Å². The van der Waals surface area contributed by atoms with Crippen LogP contribution in [0.1, 0.15) is 48.8 Å². The fraction of sp³-hybridized carbons (Fsp3) is 0.393.